The van der Waals surface area contributed by atoms with Crippen molar-refractivity contribution >= 4 is 99.8 Å². The minimum Gasteiger partial charge on any atom is -0.460 e. The van der Waals surface area contributed by atoms with E-state index in [1.807, 2.05) is 19.1 Å². The van der Waals surface area contributed by atoms with Gasteiger partial charge in [0.2, 0.25) is 0 Å². The van der Waals surface area contributed by atoms with Crippen LogP contribution in [0.5, 0.6) is 0 Å². The van der Waals surface area contributed by atoms with E-state index in [9.17, 15) is 0 Å². The third-order valence-electron chi connectivity index (χ3n) is 34.4. The summed E-state index contributed by atoms with van der Waals surface area (Å²) in [5.74, 6) is -0.149. The van der Waals surface area contributed by atoms with Crippen molar-refractivity contribution in [3.05, 3.63) is 109 Å². The molecule has 0 radical (unpaired) electrons. The van der Waals surface area contributed by atoms with Gasteiger partial charge in [0, 0.05) is 23.3 Å². The Labute approximate surface area is 837 Å². The summed E-state index contributed by atoms with van der Waals surface area (Å²) in [6.45, 7) is 95.6. The maximum Gasteiger partial charge on any atom is 0.408 e. The molecule has 3 rings (SSSR count). The molecular formula is C109H212O15Si10. The van der Waals surface area contributed by atoms with Gasteiger partial charge in [-0.2, -0.15) is 0 Å². The maximum atomic E-state index is 15.8. The van der Waals surface area contributed by atoms with Crippen molar-refractivity contribution in [2.45, 2.75) is 512 Å². The Balaban J connectivity index is 2.64. The highest BCUT2D eigenvalue weighted by Gasteiger charge is 2.58. The third-order valence-corrected chi connectivity index (χ3v) is 79.6. The van der Waals surface area contributed by atoms with E-state index in [-0.39, 0.29) is 30.5 Å². The molecule has 134 heavy (non-hydrogen) atoms. The van der Waals surface area contributed by atoms with Crippen LogP contribution in [0.15, 0.2) is 109 Å². The zero-order chi connectivity index (χ0) is 101. The predicted octanol–water partition coefficient (Wildman–Crippen LogP) is 31.1. The molecule has 0 saturated carbocycles. The molecule has 0 N–H and O–H groups in total. The summed E-state index contributed by atoms with van der Waals surface area (Å²) in [6, 6.07) is 47.4. The second-order valence-corrected chi connectivity index (χ2v) is 86.7. The summed E-state index contributed by atoms with van der Waals surface area (Å²) in [6.07, 6.45) is 3.20. The van der Waals surface area contributed by atoms with Gasteiger partial charge in [0.15, 0.2) is 81.1 Å². The molecule has 778 valence electrons. The largest absolute Gasteiger partial charge is 0.460 e. The molecule has 18 atom stereocenters. The fourth-order valence-corrected chi connectivity index (χ4v) is 50.9. The maximum absolute atomic E-state index is 15.8. The van der Waals surface area contributed by atoms with E-state index in [2.05, 4.69) is 323 Å². The van der Waals surface area contributed by atoms with E-state index < -0.39 is 163 Å². The molecule has 1 aliphatic rings. The van der Waals surface area contributed by atoms with E-state index in [0.717, 1.165) is 204 Å². The van der Waals surface area contributed by atoms with Gasteiger partial charge in [-0.05, 0) is 231 Å². The van der Waals surface area contributed by atoms with Crippen LogP contribution in [0.2, 0.25) is 163 Å². The monoisotopic (exact) mass is 2040 g/mol. The summed E-state index contributed by atoms with van der Waals surface area (Å²) < 4.78 is 112. The van der Waals surface area contributed by atoms with Crippen molar-refractivity contribution < 1.29 is 67.7 Å². The SMILES string of the molecule is C=C[C@H](C)[C@H](O[Si](O[C@H](C(=C)C)[C@@H](C)/C=C(\C)C(=O)OC[C@H](O[Si](CC)(CC)CC)[C@H](O[Si](CC)(CC)CC)[C@@H](O[Si](CC)(CC)CC)[C@H](CO[Si](CC)(CC)CC)O[Si](CC)(CC)CC)(c1ccccc1)c1ccccc1)/C(C)=C/[C@H](C)[C@H](O[C@@H]1O[C@H](CO[Si](CC)(CC)CC)[C@@H](O[Si](CC)(CC)CC)[C@H](O[Si](CC)(CC)CC)[C@@H]1O[Si](CC)(CC)CC)[C@@H](C)C[C@@H](C)C[C@@H](C)CC. The van der Waals surface area contributed by atoms with E-state index >= 15 is 4.79 Å². The van der Waals surface area contributed by atoms with Crippen LogP contribution in [0.25, 0.3) is 0 Å². The number of ether oxygens (including phenoxy) is 3. The van der Waals surface area contributed by atoms with Gasteiger partial charge in [-0.15, -0.1) is 6.58 Å². The first-order valence-corrected chi connectivity index (χ1v) is 79.9. The van der Waals surface area contributed by atoms with Crippen molar-refractivity contribution in [2.75, 3.05) is 19.8 Å². The van der Waals surface area contributed by atoms with Crippen LogP contribution in [0.4, 0.5) is 0 Å². The summed E-state index contributed by atoms with van der Waals surface area (Å²) in [7, 11) is -25.5. The minimum absolute atomic E-state index is 0.0223. The van der Waals surface area contributed by atoms with E-state index in [1.54, 1.807) is 0 Å². The number of esters is 1. The molecule has 0 unspecified atom stereocenters. The Kier molecular flexibility index (Phi) is 58.4. The molecule has 1 aliphatic heterocycles. The first kappa shape index (κ1) is 127. The first-order valence-electron chi connectivity index (χ1n) is 55.3. The molecule has 2 aromatic carbocycles. The smallest absolute Gasteiger partial charge is 0.408 e. The molecule has 0 aromatic heterocycles. The lowest BCUT2D eigenvalue weighted by atomic mass is 9.82. The second kappa shape index (κ2) is 61.7. The molecule has 0 aliphatic carbocycles. The van der Waals surface area contributed by atoms with Crippen LogP contribution in [-0.2, 0) is 67.7 Å². The molecule has 25 heteroatoms. The zero-order valence-electron chi connectivity index (χ0n) is 93.8. The molecule has 0 bridgehead atoms. The predicted molar refractivity (Wildman–Crippen MR) is 600 cm³/mol. The zero-order valence-corrected chi connectivity index (χ0v) is 104. The molecule has 1 heterocycles. The highest BCUT2D eigenvalue weighted by Crippen LogP contribution is 2.45. The summed E-state index contributed by atoms with van der Waals surface area (Å²) in [4.78, 5) is 15.8. The van der Waals surface area contributed by atoms with Crippen LogP contribution in [-0.4, -0.2) is 183 Å². The fraction of sp³-hybridized carbons (Fsp3) is 0.807. The standard InChI is InChI=1S/C109H212O15Si10/c1-40-87(32)79-88(33)80-90(35)101(115-109-107(122-133(66-27,67-28)68-29)106(121-132(63-24,64-25)65-26)103(118-129(54-15,55-16)56-17)97(114-109)84-112-125(42-3,43-4)44-5)92(37)81-93(38)102(89(34)41-2)124-134(95-75-71-69-72-76-95,96-77-73-70-74-78-96)123-100(86(30)31)91(36)82-94(39)108(110)111-83-98(116-127(48-9,49-10)50-11)104(119-130(57-18,58-19)59-20)105(120-131(60-21,61-22)62-23)99(117-128(51-12,52-13)53-14)85-113-126(45-6,46-7)47-8/h41,69-78,81-82,87-92,97-107,109H,2,30,40,42-68,79-80,83-85H2,1,3-29,31-39H3/b93-81+,94-82+/t87-,88-,89-,90-,91-,92-,97+,98-,99-,100+,101+,102-,103+,104-,105-,106-,107-,109-/m0/s1. The number of hydrogen-bond donors (Lipinski definition) is 0. The Bertz CT molecular complexity index is 3470. The lowest BCUT2D eigenvalue weighted by Gasteiger charge is -2.54. The van der Waals surface area contributed by atoms with Gasteiger partial charge in [-0.3, -0.25) is 0 Å². The van der Waals surface area contributed by atoms with Gasteiger partial charge in [0.05, 0.1) is 43.7 Å². The number of hydrogen-bond acceptors (Lipinski definition) is 15. The van der Waals surface area contributed by atoms with Crippen LogP contribution in [0.3, 0.4) is 0 Å². The molecule has 1 fully saturated rings. The van der Waals surface area contributed by atoms with Gasteiger partial charge in [-0.25, -0.2) is 4.79 Å². The third kappa shape index (κ3) is 34.1. The molecule has 0 spiro atoms. The van der Waals surface area contributed by atoms with Crippen LogP contribution in [0, 0.1) is 35.5 Å². The average Bonchev–Trinajstić information content (AvgIpc) is 0.763. The Morgan fingerprint density at radius 1 is 0.373 bits per heavy atom. The highest BCUT2D eigenvalue weighted by molar-refractivity contribution is 6.92. The number of carbonyl (C=O) groups excluding carboxylic acids is 1. The first-order chi connectivity index (χ1) is 63.7. The normalized spacial score (nSPS) is 20.0. The summed E-state index contributed by atoms with van der Waals surface area (Å²) in [5, 5.41) is 1.89. The van der Waals surface area contributed by atoms with Gasteiger partial charge in [-0.1, -0.05) is 333 Å². The Hall–Kier alpha value is -1.48. The number of benzene rings is 2. The van der Waals surface area contributed by atoms with E-state index in [4.69, 9.17) is 69.5 Å². The second-order valence-electron chi connectivity index (χ2n) is 41.2. The van der Waals surface area contributed by atoms with Crippen molar-refractivity contribution in [1.29, 1.82) is 0 Å². The number of carbonyl (C=O) groups is 1. The van der Waals surface area contributed by atoms with Crippen molar-refractivity contribution in [3.63, 3.8) is 0 Å². The van der Waals surface area contributed by atoms with E-state index in [0.29, 0.717) is 30.6 Å². The Morgan fingerprint density at radius 3 is 1.09 bits per heavy atom. The number of rotatable bonds is 75. The van der Waals surface area contributed by atoms with Crippen molar-refractivity contribution in [3.8, 4) is 0 Å². The fourth-order valence-electron chi connectivity index (χ4n) is 22.0. The molecule has 0 amide bonds. The Morgan fingerprint density at radius 2 is 0.724 bits per heavy atom. The lowest BCUT2D eigenvalue weighted by molar-refractivity contribution is -0.309. The summed E-state index contributed by atoms with van der Waals surface area (Å²) >= 11 is 0. The van der Waals surface area contributed by atoms with Gasteiger partial charge < -0.3 is 62.9 Å². The van der Waals surface area contributed by atoms with Gasteiger partial charge in [0.25, 0.3) is 0 Å². The van der Waals surface area contributed by atoms with Gasteiger partial charge in [0.1, 0.15) is 43.2 Å². The topological polar surface area (TPSA) is 146 Å². The molecule has 2 aromatic rings. The van der Waals surface area contributed by atoms with Crippen molar-refractivity contribution in [2.24, 2.45) is 35.5 Å². The molecule has 15 nitrogen and oxygen atoms in total. The highest BCUT2D eigenvalue weighted by atomic mass is 28.4. The lowest BCUT2D eigenvalue weighted by Crippen LogP contribution is -2.68. The average molecular weight is 2040 g/mol. The van der Waals surface area contributed by atoms with Crippen LogP contribution >= 0.6 is 0 Å². The quantitative estimate of drug-likeness (QED) is 0.0268. The van der Waals surface area contributed by atoms with Gasteiger partial charge >= 0.3 is 14.5 Å². The van der Waals surface area contributed by atoms with E-state index in [1.165, 1.54) is 0 Å². The molecular weight excluding hydrogens is 1830 g/mol. The van der Waals surface area contributed by atoms with Crippen LogP contribution in [0.1, 0.15) is 275 Å². The minimum atomic E-state index is -3.98. The van der Waals surface area contributed by atoms with Crippen molar-refractivity contribution in [1.82, 2.24) is 0 Å². The summed E-state index contributed by atoms with van der Waals surface area (Å²) in [5.41, 5.74) is 2.31. The van der Waals surface area contributed by atoms with Crippen LogP contribution < -0.4 is 10.4 Å². The molecule has 1 saturated heterocycles.